The minimum absolute atomic E-state index is 0.0106. The Kier molecular flexibility index (Phi) is 8.11. The molecule has 1 fully saturated rings. The fourth-order valence-corrected chi connectivity index (χ4v) is 5.20. The number of hydrogen-bond donors (Lipinski definition) is 3. The molecule has 0 saturated carbocycles. The first kappa shape index (κ1) is 28.0. The molecule has 0 bridgehead atoms. The standard InChI is InChI=1S/C30H27ClFN3O6/c1-40-27-13-20(7-8-22(27)30(38)39)41-16-19-12-18(32)15-35(19)28(36)11-17-6-9-26(24(31)10-17)34-29(37)23-14-33-25-5-3-2-4-21(23)25/h2-10,13-14,18-19,33H,11-12,15-16H2,1H3,(H,34,37)(H,38,39)/t18-,19-/m0/s1. The number of hydrogen-bond acceptors (Lipinski definition) is 5. The SMILES string of the molecule is COc1cc(OC[C@@H]2C[C@H](F)CN2C(=O)Cc2ccc(NC(=O)c3c[nH]c4ccccc34)c(Cl)c2)ccc1C(=O)O. The van der Waals surface area contributed by atoms with E-state index in [4.69, 9.17) is 21.1 Å². The molecule has 3 aromatic carbocycles. The molecule has 2 atom stereocenters. The van der Waals surface area contributed by atoms with E-state index < -0.39 is 18.2 Å². The number of aromatic carboxylic acids is 1. The second-order valence-corrected chi connectivity index (χ2v) is 10.1. The number of nitrogens with one attached hydrogen (secondary N) is 2. The summed E-state index contributed by atoms with van der Waals surface area (Å²) in [5, 5.41) is 13.1. The second-order valence-electron chi connectivity index (χ2n) is 9.70. The van der Waals surface area contributed by atoms with Crippen LogP contribution in [-0.2, 0) is 11.2 Å². The number of aromatic nitrogens is 1. The van der Waals surface area contributed by atoms with Crippen LogP contribution in [0.15, 0.2) is 66.9 Å². The van der Waals surface area contributed by atoms with E-state index in [1.807, 2.05) is 24.3 Å². The largest absolute Gasteiger partial charge is 0.496 e. The molecule has 1 aliphatic heterocycles. The van der Waals surface area contributed by atoms with Gasteiger partial charge in [0, 0.05) is 29.6 Å². The summed E-state index contributed by atoms with van der Waals surface area (Å²) in [5.74, 6) is -1.26. The van der Waals surface area contributed by atoms with Crippen LogP contribution in [0.5, 0.6) is 11.5 Å². The Balaban J connectivity index is 1.22. The van der Waals surface area contributed by atoms with Crippen LogP contribution in [0.3, 0.4) is 0 Å². The number of fused-ring (bicyclic) bond motifs is 1. The highest BCUT2D eigenvalue weighted by Crippen LogP contribution is 2.29. The number of anilines is 1. The molecule has 11 heteroatoms. The molecule has 9 nitrogen and oxygen atoms in total. The number of para-hydroxylation sites is 1. The van der Waals surface area contributed by atoms with Crippen molar-refractivity contribution in [3.05, 3.63) is 88.6 Å². The fraction of sp³-hybridized carbons (Fsp3) is 0.233. The molecule has 3 N–H and O–H groups in total. The van der Waals surface area contributed by atoms with Crippen LogP contribution < -0.4 is 14.8 Å². The van der Waals surface area contributed by atoms with Gasteiger partial charge in [0.1, 0.15) is 29.8 Å². The molecular formula is C30H27ClFN3O6. The van der Waals surface area contributed by atoms with E-state index in [0.717, 1.165) is 10.9 Å². The number of methoxy groups -OCH3 is 1. The lowest BCUT2D eigenvalue weighted by Gasteiger charge is -2.25. The average Bonchev–Trinajstić information content (AvgIpc) is 3.56. The first-order valence-corrected chi connectivity index (χ1v) is 13.2. The summed E-state index contributed by atoms with van der Waals surface area (Å²) in [6.07, 6.45) is 0.551. The van der Waals surface area contributed by atoms with Crippen LogP contribution in [-0.4, -0.2) is 65.2 Å². The predicted octanol–water partition coefficient (Wildman–Crippen LogP) is 5.34. The van der Waals surface area contributed by atoms with Crippen LogP contribution in [0.1, 0.15) is 32.7 Å². The third kappa shape index (κ3) is 6.12. The van der Waals surface area contributed by atoms with Crippen molar-refractivity contribution in [2.45, 2.75) is 25.1 Å². The number of halogens is 2. The summed E-state index contributed by atoms with van der Waals surface area (Å²) < 4.78 is 25.3. The molecule has 0 spiro atoms. The highest BCUT2D eigenvalue weighted by Gasteiger charge is 2.35. The van der Waals surface area contributed by atoms with E-state index in [2.05, 4.69) is 10.3 Å². The summed E-state index contributed by atoms with van der Waals surface area (Å²) in [5.41, 5.74) is 2.33. The normalized spacial score (nSPS) is 16.5. The number of rotatable bonds is 9. The number of alkyl halides is 1. The zero-order valence-electron chi connectivity index (χ0n) is 22.0. The number of likely N-dealkylation sites (tertiary alicyclic amines) is 1. The highest BCUT2D eigenvalue weighted by atomic mass is 35.5. The van der Waals surface area contributed by atoms with Crippen LogP contribution in [0.2, 0.25) is 5.02 Å². The lowest BCUT2D eigenvalue weighted by molar-refractivity contribution is -0.132. The van der Waals surface area contributed by atoms with Crippen molar-refractivity contribution in [1.82, 2.24) is 9.88 Å². The maximum absolute atomic E-state index is 14.4. The van der Waals surface area contributed by atoms with Gasteiger partial charge < -0.3 is 29.8 Å². The van der Waals surface area contributed by atoms with Crippen LogP contribution >= 0.6 is 11.6 Å². The van der Waals surface area contributed by atoms with Gasteiger partial charge in [0.2, 0.25) is 5.91 Å². The van der Waals surface area contributed by atoms with E-state index in [9.17, 15) is 23.9 Å². The van der Waals surface area contributed by atoms with Crippen molar-refractivity contribution in [3.63, 3.8) is 0 Å². The first-order valence-electron chi connectivity index (χ1n) is 12.9. The molecule has 2 heterocycles. The molecule has 41 heavy (non-hydrogen) atoms. The van der Waals surface area contributed by atoms with E-state index in [1.165, 1.54) is 30.2 Å². The lowest BCUT2D eigenvalue weighted by Crippen LogP contribution is -2.40. The molecule has 5 rings (SSSR count). The number of carbonyl (C=O) groups excluding carboxylic acids is 2. The molecule has 0 radical (unpaired) electrons. The monoisotopic (exact) mass is 579 g/mol. The molecular weight excluding hydrogens is 553 g/mol. The van der Waals surface area contributed by atoms with Gasteiger partial charge in [0.15, 0.2) is 0 Å². The minimum Gasteiger partial charge on any atom is -0.496 e. The van der Waals surface area contributed by atoms with Gasteiger partial charge in [-0.15, -0.1) is 0 Å². The average molecular weight is 580 g/mol. The van der Waals surface area contributed by atoms with Crippen molar-refractivity contribution < 1.29 is 33.4 Å². The number of carboxylic acid groups (broad SMARTS) is 1. The summed E-state index contributed by atoms with van der Waals surface area (Å²) >= 11 is 6.45. The van der Waals surface area contributed by atoms with Gasteiger partial charge in [-0.2, -0.15) is 0 Å². The van der Waals surface area contributed by atoms with Crippen LogP contribution in [0.4, 0.5) is 10.1 Å². The molecule has 1 aliphatic rings. The second kappa shape index (κ2) is 11.9. The Bertz CT molecular complexity index is 1620. The molecule has 1 saturated heterocycles. The minimum atomic E-state index is -1.19. The number of H-pyrrole nitrogens is 1. The number of benzene rings is 3. The topological polar surface area (TPSA) is 121 Å². The van der Waals surface area contributed by atoms with Crippen LogP contribution in [0, 0.1) is 0 Å². The van der Waals surface area contributed by atoms with Crippen molar-refractivity contribution in [2.75, 3.05) is 25.6 Å². The molecule has 1 aromatic heterocycles. The van der Waals surface area contributed by atoms with Crippen molar-refractivity contribution in [3.8, 4) is 11.5 Å². The zero-order chi connectivity index (χ0) is 29.1. The number of nitrogens with zero attached hydrogens (tertiary/aromatic N) is 1. The maximum atomic E-state index is 14.4. The number of aromatic amines is 1. The van der Waals surface area contributed by atoms with Crippen LogP contribution in [0.25, 0.3) is 10.9 Å². The summed E-state index contributed by atoms with van der Waals surface area (Å²) in [6, 6.07) is 16.2. The number of ether oxygens (including phenoxy) is 2. The molecule has 2 amide bonds. The van der Waals surface area contributed by atoms with Gasteiger partial charge in [-0.1, -0.05) is 35.9 Å². The van der Waals surface area contributed by atoms with E-state index in [-0.39, 0.29) is 54.1 Å². The van der Waals surface area contributed by atoms with Gasteiger partial charge in [0.25, 0.3) is 5.91 Å². The number of amides is 2. The van der Waals surface area contributed by atoms with Gasteiger partial charge in [-0.05, 0) is 35.9 Å². The van der Waals surface area contributed by atoms with E-state index in [0.29, 0.717) is 22.6 Å². The Morgan fingerprint density at radius 2 is 1.93 bits per heavy atom. The Morgan fingerprint density at radius 3 is 2.68 bits per heavy atom. The van der Waals surface area contributed by atoms with Crippen molar-refractivity contribution in [1.29, 1.82) is 0 Å². The molecule has 4 aromatic rings. The smallest absolute Gasteiger partial charge is 0.339 e. The Morgan fingerprint density at radius 1 is 1.12 bits per heavy atom. The maximum Gasteiger partial charge on any atom is 0.339 e. The van der Waals surface area contributed by atoms with Gasteiger partial charge in [-0.25, -0.2) is 9.18 Å². The van der Waals surface area contributed by atoms with E-state index in [1.54, 1.807) is 24.4 Å². The Hall–Kier alpha value is -4.57. The van der Waals surface area contributed by atoms with Gasteiger partial charge >= 0.3 is 5.97 Å². The van der Waals surface area contributed by atoms with Gasteiger partial charge in [0.05, 0.1) is 42.4 Å². The zero-order valence-corrected chi connectivity index (χ0v) is 22.8. The van der Waals surface area contributed by atoms with Gasteiger partial charge in [-0.3, -0.25) is 9.59 Å². The van der Waals surface area contributed by atoms with E-state index >= 15 is 0 Å². The molecule has 212 valence electrons. The number of carboxylic acids is 1. The highest BCUT2D eigenvalue weighted by molar-refractivity contribution is 6.34. The summed E-state index contributed by atoms with van der Waals surface area (Å²) in [4.78, 5) is 41.8. The Labute approximate surface area is 239 Å². The third-order valence-corrected chi connectivity index (χ3v) is 7.31. The predicted molar refractivity (Wildman–Crippen MR) is 152 cm³/mol. The molecule has 0 aliphatic carbocycles. The third-order valence-electron chi connectivity index (χ3n) is 7.00. The first-order chi connectivity index (χ1) is 19.7. The number of carbonyl (C=O) groups is 3. The van der Waals surface area contributed by atoms with Crippen molar-refractivity contribution in [2.24, 2.45) is 0 Å². The summed E-state index contributed by atoms with van der Waals surface area (Å²) in [7, 11) is 1.35. The fourth-order valence-electron chi connectivity index (χ4n) is 4.95. The lowest BCUT2D eigenvalue weighted by atomic mass is 10.1. The van der Waals surface area contributed by atoms with Crippen molar-refractivity contribution >= 4 is 46.0 Å². The quantitative estimate of drug-likeness (QED) is 0.246. The molecule has 0 unspecified atom stereocenters. The summed E-state index contributed by atoms with van der Waals surface area (Å²) in [6.45, 7) is -0.0259.